The Kier molecular flexibility index (Phi) is 7.00. The Balaban J connectivity index is 1.45. The van der Waals surface area contributed by atoms with Crippen LogP contribution in [-0.4, -0.2) is 28.5 Å². The number of carbonyl (C=O) groups is 2. The van der Waals surface area contributed by atoms with E-state index in [1.54, 1.807) is 0 Å². The molecule has 1 aliphatic rings. The molecule has 1 aliphatic heterocycles. The summed E-state index contributed by atoms with van der Waals surface area (Å²) >= 11 is 0. The van der Waals surface area contributed by atoms with E-state index in [4.69, 9.17) is 5.11 Å². The first-order valence-electron chi connectivity index (χ1n) is 9.90. The van der Waals surface area contributed by atoms with Gasteiger partial charge in [-0.2, -0.15) is 0 Å². The van der Waals surface area contributed by atoms with Crippen LogP contribution in [0.15, 0.2) is 42.5 Å². The third-order valence-electron chi connectivity index (χ3n) is 4.95. The predicted molar refractivity (Wildman–Crippen MR) is 108 cm³/mol. The standard InChI is InChI=1S/C22H27N3O3/c26-20(25-19(15-21(27)28)16-7-2-1-3-8-16)11-5-4-10-18-13-12-17-9-6-14-23-22(17)24-18/h1-3,7-8,12-13,19H,4-6,9-11,14-15H2,(H,23,24)(H,25,26)(H,27,28)/t19-/m0/s1. The second kappa shape index (κ2) is 9.88. The monoisotopic (exact) mass is 381 g/mol. The maximum Gasteiger partial charge on any atom is 0.305 e. The summed E-state index contributed by atoms with van der Waals surface area (Å²) < 4.78 is 0. The van der Waals surface area contributed by atoms with Gasteiger partial charge in [0.2, 0.25) is 5.91 Å². The molecule has 0 unspecified atom stereocenters. The van der Waals surface area contributed by atoms with Crippen molar-refractivity contribution in [1.82, 2.24) is 10.3 Å². The molecule has 0 fully saturated rings. The lowest BCUT2D eigenvalue weighted by Crippen LogP contribution is -2.30. The highest BCUT2D eigenvalue weighted by Crippen LogP contribution is 2.21. The number of hydrogen-bond acceptors (Lipinski definition) is 4. The topological polar surface area (TPSA) is 91.3 Å². The Hall–Kier alpha value is -2.89. The number of anilines is 1. The summed E-state index contributed by atoms with van der Waals surface area (Å²) in [5, 5.41) is 15.3. The van der Waals surface area contributed by atoms with Crippen molar-refractivity contribution in [3.05, 3.63) is 59.3 Å². The van der Waals surface area contributed by atoms with Gasteiger partial charge in [-0.3, -0.25) is 9.59 Å². The number of aliphatic carboxylic acids is 1. The highest BCUT2D eigenvalue weighted by Gasteiger charge is 2.17. The summed E-state index contributed by atoms with van der Waals surface area (Å²) in [5.74, 6) is -0.0442. The molecule has 3 N–H and O–H groups in total. The molecule has 1 amide bonds. The zero-order chi connectivity index (χ0) is 19.8. The fourth-order valence-electron chi connectivity index (χ4n) is 3.48. The Labute approximate surface area is 165 Å². The molecule has 0 saturated carbocycles. The molecule has 0 radical (unpaired) electrons. The fourth-order valence-corrected chi connectivity index (χ4v) is 3.48. The molecule has 2 aromatic rings. The minimum atomic E-state index is -0.929. The quantitative estimate of drug-likeness (QED) is 0.579. The van der Waals surface area contributed by atoms with Crippen LogP contribution >= 0.6 is 0 Å². The van der Waals surface area contributed by atoms with Gasteiger partial charge in [0.1, 0.15) is 5.82 Å². The second-order valence-electron chi connectivity index (χ2n) is 7.18. The van der Waals surface area contributed by atoms with Crippen LogP contribution in [0.25, 0.3) is 0 Å². The minimum absolute atomic E-state index is 0.116. The number of nitrogens with one attached hydrogen (secondary N) is 2. The van der Waals surface area contributed by atoms with E-state index >= 15 is 0 Å². The van der Waals surface area contributed by atoms with E-state index in [-0.39, 0.29) is 12.3 Å². The molecule has 2 heterocycles. The van der Waals surface area contributed by atoms with Gasteiger partial charge >= 0.3 is 5.97 Å². The van der Waals surface area contributed by atoms with Gasteiger partial charge in [-0.05, 0) is 49.3 Å². The van der Waals surface area contributed by atoms with Crippen LogP contribution in [0.1, 0.15) is 55.0 Å². The van der Waals surface area contributed by atoms with Crippen LogP contribution in [0.4, 0.5) is 5.82 Å². The normalized spacial score (nSPS) is 13.9. The molecule has 148 valence electrons. The lowest BCUT2D eigenvalue weighted by Gasteiger charge is -2.18. The number of unbranched alkanes of at least 4 members (excludes halogenated alkanes) is 1. The van der Waals surface area contributed by atoms with E-state index < -0.39 is 12.0 Å². The highest BCUT2D eigenvalue weighted by atomic mass is 16.4. The van der Waals surface area contributed by atoms with Crippen molar-refractivity contribution in [2.75, 3.05) is 11.9 Å². The summed E-state index contributed by atoms with van der Waals surface area (Å²) in [6.45, 7) is 0.975. The van der Waals surface area contributed by atoms with Gasteiger partial charge in [0, 0.05) is 18.7 Å². The van der Waals surface area contributed by atoms with Gasteiger partial charge < -0.3 is 15.7 Å². The summed E-state index contributed by atoms with van der Waals surface area (Å²) in [6.07, 6.45) is 4.93. The number of amides is 1. The van der Waals surface area contributed by atoms with Crippen molar-refractivity contribution in [3.63, 3.8) is 0 Å². The molecule has 3 rings (SSSR count). The number of hydrogen-bond donors (Lipinski definition) is 3. The summed E-state index contributed by atoms with van der Waals surface area (Å²) in [4.78, 5) is 28.1. The molecule has 0 aliphatic carbocycles. The maximum atomic E-state index is 12.3. The number of carbonyl (C=O) groups excluding carboxylic acids is 1. The van der Waals surface area contributed by atoms with Crippen molar-refractivity contribution in [2.45, 2.75) is 51.0 Å². The molecule has 0 spiro atoms. The van der Waals surface area contributed by atoms with E-state index in [9.17, 15) is 9.59 Å². The summed E-state index contributed by atoms with van der Waals surface area (Å²) in [7, 11) is 0. The average Bonchev–Trinajstić information content (AvgIpc) is 2.71. The lowest BCUT2D eigenvalue weighted by molar-refractivity contribution is -0.137. The molecule has 1 aromatic heterocycles. The minimum Gasteiger partial charge on any atom is -0.481 e. The number of carboxylic acid groups (broad SMARTS) is 1. The number of benzene rings is 1. The number of pyridine rings is 1. The van der Waals surface area contributed by atoms with Crippen molar-refractivity contribution in [1.29, 1.82) is 0 Å². The molecule has 1 atom stereocenters. The van der Waals surface area contributed by atoms with Crippen LogP contribution in [0.3, 0.4) is 0 Å². The van der Waals surface area contributed by atoms with E-state index in [1.807, 2.05) is 30.3 Å². The Morgan fingerprint density at radius 3 is 2.75 bits per heavy atom. The van der Waals surface area contributed by atoms with Crippen LogP contribution in [-0.2, 0) is 22.4 Å². The Bertz CT molecular complexity index is 808. The lowest BCUT2D eigenvalue weighted by atomic mass is 10.0. The van der Waals surface area contributed by atoms with Crippen LogP contribution in [0.5, 0.6) is 0 Å². The van der Waals surface area contributed by atoms with Gasteiger partial charge in [0.25, 0.3) is 0 Å². The number of fused-ring (bicyclic) bond motifs is 1. The van der Waals surface area contributed by atoms with Crippen molar-refractivity contribution >= 4 is 17.7 Å². The second-order valence-corrected chi connectivity index (χ2v) is 7.18. The first-order chi connectivity index (χ1) is 13.6. The van der Waals surface area contributed by atoms with Crippen LogP contribution < -0.4 is 10.6 Å². The molecule has 6 nitrogen and oxygen atoms in total. The van der Waals surface area contributed by atoms with E-state index in [2.05, 4.69) is 27.8 Å². The first-order valence-corrected chi connectivity index (χ1v) is 9.90. The smallest absolute Gasteiger partial charge is 0.305 e. The van der Waals surface area contributed by atoms with Gasteiger partial charge in [-0.25, -0.2) is 4.98 Å². The summed E-state index contributed by atoms with van der Waals surface area (Å²) in [5.41, 5.74) is 3.13. The van der Waals surface area contributed by atoms with Gasteiger partial charge in [0.05, 0.1) is 12.5 Å². The van der Waals surface area contributed by atoms with E-state index in [0.717, 1.165) is 55.7 Å². The Morgan fingerprint density at radius 2 is 1.96 bits per heavy atom. The van der Waals surface area contributed by atoms with Crippen molar-refractivity contribution in [2.24, 2.45) is 0 Å². The van der Waals surface area contributed by atoms with Gasteiger partial charge in [0.15, 0.2) is 0 Å². The number of rotatable bonds is 9. The Morgan fingerprint density at radius 1 is 1.14 bits per heavy atom. The molecule has 28 heavy (non-hydrogen) atoms. The number of carboxylic acids is 1. The third kappa shape index (κ3) is 5.81. The van der Waals surface area contributed by atoms with E-state index in [0.29, 0.717) is 6.42 Å². The molecule has 6 heteroatoms. The average molecular weight is 381 g/mol. The SMILES string of the molecule is O=C(O)C[C@H](NC(=O)CCCCc1ccc2c(n1)NCCC2)c1ccccc1. The summed E-state index contributed by atoms with van der Waals surface area (Å²) in [6, 6.07) is 12.9. The van der Waals surface area contributed by atoms with Crippen molar-refractivity contribution < 1.29 is 14.7 Å². The zero-order valence-electron chi connectivity index (χ0n) is 16.0. The molecule has 0 bridgehead atoms. The highest BCUT2D eigenvalue weighted by molar-refractivity contribution is 5.77. The van der Waals surface area contributed by atoms with Crippen LogP contribution in [0.2, 0.25) is 0 Å². The number of aromatic nitrogens is 1. The number of aryl methyl sites for hydroxylation is 2. The van der Waals surface area contributed by atoms with E-state index in [1.165, 1.54) is 5.56 Å². The molecular formula is C22H27N3O3. The van der Waals surface area contributed by atoms with Gasteiger partial charge in [-0.1, -0.05) is 36.4 Å². The maximum absolute atomic E-state index is 12.3. The largest absolute Gasteiger partial charge is 0.481 e. The number of nitrogens with zero attached hydrogens (tertiary/aromatic N) is 1. The molecular weight excluding hydrogens is 354 g/mol. The zero-order valence-corrected chi connectivity index (χ0v) is 16.0. The predicted octanol–water partition coefficient (Wildman–Crippen LogP) is 3.48. The molecule has 0 saturated heterocycles. The fraction of sp³-hybridized carbons (Fsp3) is 0.409. The van der Waals surface area contributed by atoms with Gasteiger partial charge in [-0.15, -0.1) is 0 Å². The van der Waals surface area contributed by atoms with Crippen molar-refractivity contribution in [3.8, 4) is 0 Å². The first kappa shape index (κ1) is 19.9. The van der Waals surface area contributed by atoms with Crippen LogP contribution in [0, 0.1) is 0 Å². The molecule has 1 aromatic carbocycles. The third-order valence-corrected chi connectivity index (χ3v) is 4.95.